The van der Waals surface area contributed by atoms with E-state index in [-0.39, 0.29) is 24.0 Å². The zero-order valence-electron chi connectivity index (χ0n) is 19.1. The summed E-state index contributed by atoms with van der Waals surface area (Å²) in [6, 6.07) is 0.105. The van der Waals surface area contributed by atoms with Gasteiger partial charge in [0, 0.05) is 12.8 Å². The predicted molar refractivity (Wildman–Crippen MR) is 126 cm³/mol. The van der Waals surface area contributed by atoms with Crippen LogP contribution in [0.25, 0.3) is 0 Å². The van der Waals surface area contributed by atoms with E-state index in [4.69, 9.17) is 9.47 Å². The van der Waals surface area contributed by atoms with Crippen molar-refractivity contribution in [1.29, 1.82) is 0 Å². The van der Waals surface area contributed by atoms with Crippen molar-refractivity contribution in [3.8, 4) is 0 Å². The number of esters is 1. The van der Waals surface area contributed by atoms with Crippen LogP contribution in [0, 0.1) is 5.92 Å². The first-order chi connectivity index (χ1) is 15.3. The molecule has 4 heteroatoms. The third kappa shape index (κ3) is 8.17. The molecule has 31 heavy (non-hydrogen) atoms. The van der Waals surface area contributed by atoms with E-state index >= 15 is 0 Å². The highest BCUT2D eigenvalue weighted by molar-refractivity contribution is 5.74. The van der Waals surface area contributed by atoms with Gasteiger partial charge in [-0.25, -0.2) is 0 Å². The Kier molecular flexibility index (Phi) is 10.2. The second-order valence-electron chi connectivity index (χ2n) is 8.77. The summed E-state index contributed by atoms with van der Waals surface area (Å²) in [5.41, 5.74) is 1.24. The molecule has 0 aromatic rings. The molecule has 0 saturated carbocycles. The van der Waals surface area contributed by atoms with Crippen molar-refractivity contribution in [3.63, 3.8) is 0 Å². The van der Waals surface area contributed by atoms with Gasteiger partial charge in [0.2, 0.25) is 0 Å². The normalized spacial score (nSPS) is 25.4. The minimum atomic E-state index is -0.126. The molecule has 1 heterocycles. The first-order valence-corrected chi connectivity index (χ1v) is 12.3. The summed E-state index contributed by atoms with van der Waals surface area (Å²) in [4.78, 5) is 12.3. The van der Waals surface area contributed by atoms with Gasteiger partial charge in [0.05, 0.1) is 18.1 Å². The van der Waals surface area contributed by atoms with Crippen LogP contribution in [0.3, 0.4) is 0 Å². The van der Waals surface area contributed by atoms with Gasteiger partial charge in [-0.1, -0.05) is 75.5 Å². The van der Waals surface area contributed by atoms with Crippen molar-refractivity contribution in [2.75, 3.05) is 6.61 Å². The smallest absolute Gasteiger partial charge is 0.314 e. The van der Waals surface area contributed by atoms with E-state index in [1.807, 2.05) is 12.3 Å². The predicted octanol–water partition coefficient (Wildman–Crippen LogP) is 6.28. The Hall–Kier alpha value is -2.07. The number of hydrogen-bond donors (Lipinski definition) is 1. The Labute approximate surface area is 188 Å². The molecular weight excluding hydrogens is 386 g/mol. The van der Waals surface area contributed by atoms with Crippen LogP contribution in [0.5, 0.6) is 0 Å². The molecule has 3 aliphatic rings. The Balaban J connectivity index is 1.37. The van der Waals surface area contributed by atoms with Crippen LogP contribution in [-0.4, -0.2) is 24.7 Å². The van der Waals surface area contributed by atoms with Gasteiger partial charge in [-0.2, -0.15) is 0 Å². The SMILES string of the molecule is CCCCCCCCOC1C=CC(C2C=CC(OC(=O)C3CC=CCC3)=CN2)=CCC1. The molecule has 1 N–H and O–H groups in total. The van der Waals surface area contributed by atoms with Gasteiger partial charge >= 0.3 is 5.97 Å². The van der Waals surface area contributed by atoms with E-state index in [0.717, 1.165) is 45.1 Å². The van der Waals surface area contributed by atoms with Crippen LogP contribution in [0.15, 0.2) is 60.1 Å². The summed E-state index contributed by atoms with van der Waals surface area (Å²) in [5, 5.41) is 3.37. The lowest BCUT2D eigenvalue weighted by Crippen LogP contribution is -2.28. The van der Waals surface area contributed by atoms with Crippen LogP contribution in [-0.2, 0) is 14.3 Å². The van der Waals surface area contributed by atoms with E-state index in [1.165, 1.54) is 37.7 Å². The molecule has 0 bridgehead atoms. The topological polar surface area (TPSA) is 47.6 Å². The molecule has 0 spiro atoms. The number of allylic oxidation sites excluding steroid dienone is 4. The van der Waals surface area contributed by atoms with E-state index < -0.39 is 0 Å². The molecule has 0 radical (unpaired) electrons. The number of dihydropyridines is 1. The van der Waals surface area contributed by atoms with Crippen LogP contribution >= 0.6 is 0 Å². The molecule has 3 rings (SSSR count). The molecule has 1 aliphatic heterocycles. The quantitative estimate of drug-likeness (QED) is 0.240. The van der Waals surface area contributed by atoms with E-state index in [2.05, 4.69) is 48.7 Å². The Bertz CT molecular complexity index is 716. The first-order valence-electron chi connectivity index (χ1n) is 12.3. The van der Waals surface area contributed by atoms with Gasteiger partial charge in [0.1, 0.15) is 5.76 Å². The zero-order chi connectivity index (χ0) is 21.7. The van der Waals surface area contributed by atoms with Gasteiger partial charge in [-0.15, -0.1) is 0 Å². The van der Waals surface area contributed by atoms with Gasteiger partial charge in [0.25, 0.3) is 0 Å². The van der Waals surface area contributed by atoms with Gasteiger partial charge < -0.3 is 14.8 Å². The van der Waals surface area contributed by atoms with Crippen molar-refractivity contribution in [1.82, 2.24) is 5.32 Å². The summed E-state index contributed by atoms with van der Waals surface area (Å²) in [7, 11) is 0. The average molecular weight is 426 g/mol. The highest BCUT2D eigenvalue weighted by atomic mass is 16.5. The maximum atomic E-state index is 12.3. The Morgan fingerprint density at radius 1 is 1.03 bits per heavy atom. The van der Waals surface area contributed by atoms with Crippen molar-refractivity contribution < 1.29 is 14.3 Å². The van der Waals surface area contributed by atoms with Crippen molar-refractivity contribution in [2.45, 2.75) is 89.7 Å². The molecule has 3 atom stereocenters. The van der Waals surface area contributed by atoms with Gasteiger partial charge in [-0.3, -0.25) is 4.79 Å². The lowest BCUT2D eigenvalue weighted by molar-refractivity contribution is -0.144. The second kappa shape index (κ2) is 13.4. The number of hydrogen-bond acceptors (Lipinski definition) is 4. The molecule has 0 saturated heterocycles. The van der Waals surface area contributed by atoms with Crippen LogP contribution in [0.2, 0.25) is 0 Å². The standard InChI is InChI=1S/C27H39NO3/c1-2-3-4-5-6-10-20-30-24-15-11-14-22(16-17-24)26-19-18-25(21-28-26)31-27(29)23-12-8-7-9-13-23/h7-8,14,16-19,21,23-24,26,28H,2-6,9-13,15,20H2,1H3. The molecule has 0 fully saturated rings. The molecule has 3 unspecified atom stereocenters. The first kappa shape index (κ1) is 23.6. The fraction of sp³-hybridized carbons (Fsp3) is 0.593. The van der Waals surface area contributed by atoms with Crippen LogP contribution in [0.1, 0.15) is 77.6 Å². The fourth-order valence-corrected chi connectivity index (χ4v) is 4.23. The minimum Gasteiger partial charge on any atom is -0.425 e. The highest BCUT2D eigenvalue weighted by Gasteiger charge is 2.22. The summed E-state index contributed by atoms with van der Waals surface area (Å²) < 4.78 is 11.7. The Morgan fingerprint density at radius 2 is 1.90 bits per heavy atom. The number of nitrogens with one attached hydrogen (secondary N) is 1. The van der Waals surface area contributed by atoms with Crippen molar-refractivity contribution in [3.05, 3.63) is 60.1 Å². The lowest BCUT2D eigenvalue weighted by Gasteiger charge is -2.21. The maximum Gasteiger partial charge on any atom is 0.314 e. The number of carbonyl (C=O) groups excluding carboxylic acids is 1. The summed E-state index contributed by atoms with van der Waals surface area (Å²) in [5.74, 6) is 0.450. The van der Waals surface area contributed by atoms with E-state index in [1.54, 1.807) is 0 Å². The molecule has 0 aromatic carbocycles. The minimum absolute atomic E-state index is 0.0159. The van der Waals surface area contributed by atoms with Crippen molar-refractivity contribution in [2.24, 2.45) is 5.92 Å². The second-order valence-corrected chi connectivity index (χ2v) is 8.77. The summed E-state index contributed by atoms with van der Waals surface area (Å²) in [6.07, 6.45) is 29.3. The number of rotatable bonds is 11. The monoisotopic (exact) mass is 425 g/mol. The van der Waals surface area contributed by atoms with Gasteiger partial charge in [-0.05, 0) is 50.2 Å². The van der Waals surface area contributed by atoms with E-state index in [9.17, 15) is 4.79 Å². The fourth-order valence-electron chi connectivity index (χ4n) is 4.23. The average Bonchev–Trinajstić information content (AvgIpc) is 3.05. The van der Waals surface area contributed by atoms with Crippen molar-refractivity contribution >= 4 is 5.97 Å². The Morgan fingerprint density at radius 3 is 2.68 bits per heavy atom. The molecular formula is C27H39NO3. The summed E-state index contributed by atoms with van der Waals surface area (Å²) >= 11 is 0. The van der Waals surface area contributed by atoms with E-state index in [0.29, 0.717) is 5.76 Å². The summed E-state index contributed by atoms with van der Waals surface area (Å²) in [6.45, 7) is 3.11. The maximum absolute atomic E-state index is 12.3. The lowest BCUT2D eigenvalue weighted by atomic mass is 9.95. The number of unbranched alkanes of at least 4 members (excludes halogenated alkanes) is 5. The molecule has 2 aliphatic carbocycles. The van der Waals surface area contributed by atoms with Crippen LogP contribution in [0.4, 0.5) is 0 Å². The largest absolute Gasteiger partial charge is 0.425 e. The molecule has 4 nitrogen and oxygen atoms in total. The molecule has 170 valence electrons. The number of ether oxygens (including phenoxy) is 2. The molecule has 0 aromatic heterocycles. The zero-order valence-corrected chi connectivity index (χ0v) is 19.1. The van der Waals surface area contributed by atoms with Crippen LogP contribution < -0.4 is 5.32 Å². The van der Waals surface area contributed by atoms with Gasteiger partial charge in [0.15, 0.2) is 0 Å². The third-order valence-electron chi connectivity index (χ3n) is 6.20. The number of carbonyl (C=O) groups is 1. The highest BCUT2D eigenvalue weighted by Crippen LogP contribution is 2.23. The molecule has 0 amide bonds. The third-order valence-corrected chi connectivity index (χ3v) is 6.20.